The van der Waals surface area contributed by atoms with Crippen LogP contribution in [0.1, 0.15) is 13.3 Å². The first-order chi connectivity index (χ1) is 17.2. The van der Waals surface area contributed by atoms with Gasteiger partial charge in [-0.2, -0.15) is 0 Å². The summed E-state index contributed by atoms with van der Waals surface area (Å²) in [6.07, 6.45) is 4.46. The molecule has 3 fully saturated rings. The van der Waals surface area contributed by atoms with Crippen LogP contribution in [0.4, 0.5) is 0 Å². The third-order valence-electron chi connectivity index (χ3n) is 4.70. The molecule has 3 rings (SSSR count). The number of carbonyl (C=O) groups excluding carboxylic acids is 3. The van der Waals surface area contributed by atoms with Crippen LogP contribution in [0.5, 0.6) is 0 Å². The Hall–Kier alpha value is -2.61. The van der Waals surface area contributed by atoms with Gasteiger partial charge < -0.3 is 43.7 Å². The summed E-state index contributed by atoms with van der Waals surface area (Å²) in [6, 6.07) is 0. The van der Waals surface area contributed by atoms with Crippen LogP contribution in [0.3, 0.4) is 0 Å². The fourth-order valence-electron chi connectivity index (χ4n) is 1.68. The van der Waals surface area contributed by atoms with E-state index in [1.165, 1.54) is 0 Å². The molecule has 0 aromatic carbocycles. The standard InChI is InChI=1S/3C6H8O3.C6H14O3/c3*1-2-6(7)9-4-5-3-8-5;1-2-6(3-7,4-8)5-9/h3*2,5H,1,3-4H2;7-9H,2-5H2,1H3. The van der Waals surface area contributed by atoms with E-state index in [0.29, 0.717) is 46.1 Å². The van der Waals surface area contributed by atoms with Crippen LogP contribution in [-0.2, 0) is 42.8 Å². The summed E-state index contributed by atoms with van der Waals surface area (Å²) in [5.74, 6) is -1.15. The van der Waals surface area contributed by atoms with Gasteiger partial charge in [-0.3, -0.25) is 0 Å². The van der Waals surface area contributed by atoms with Gasteiger partial charge >= 0.3 is 17.9 Å². The number of epoxide rings is 3. The minimum Gasteiger partial charge on any atom is -0.460 e. The molecule has 3 unspecified atom stereocenters. The molecular formula is C24H38O12. The van der Waals surface area contributed by atoms with E-state index in [4.69, 9.17) is 29.5 Å². The molecule has 0 aliphatic carbocycles. The second kappa shape index (κ2) is 19.6. The van der Waals surface area contributed by atoms with E-state index in [-0.39, 0.29) is 56.0 Å². The predicted octanol–water partition coefficient (Wildman–Crippen LogP) is -0.297. The Labute approximate surface area is 211 Å². The van der Waals surface area contributed by atoms with Crippen molar-refractivity contribution in [2.45, 2.75) is 31.7 Å². The highest BCUT2D eigenvalue weighted by Crippen LogP contribution is 2.18. The Morgan fingerprint density at radius 3 is 1.08 bits per heavy atom. The van der Waals surface area contributed by atoms with Crippen LogP contribution in [-0.4, -0.2) is 111 Å². The summed E-state index contributed by atoms with van der Waals surface area (Å²) in [5, 5.41) is 26.0. The van der Waals surface area contributed by atoms with Gasteiger partial charge in [-0.15, -0.1) is 0 Å². The Bertz CT molecular complexity index is 583. The first kappa shape index (κ1) is 33.4. The Morgan fingerprint density at radius 1 is 0.722 bits per heavy atom. The van der Waals surface area contributed by atoms with Crippen LogP contribution in [0.25, 0.3) is 0 Å². The third-order valence-corrected chi connectivity index (χ3v) is 4.70. The Morgan fingerprint density at radius 2 is 0.972 bits per heavy atom. The maximum absolute atomic E-state index is 10.3. The lowest BCUT2D eigenvalue weighted by atomic mass is 9.88. The predicted molar refractivity (Wildman–Crippen MR) is 127 cm³/mol. The molecule has 36 heavy (non-hydrogen) atoms. The minimum atomic E-state index is -0.667. The summed E-state index contributed by atoms with van der Waals surface area (Å²) >= 11 is 0. The van der Waals surface area contributed by atoms with Crippen molar-refractivity contribution >= 4 is 17.9 Å². The maximum atomic E-state index is 10.3. The zero-order valence-electron chi connectivity index (χ0n) is 20.7. The lowest BCUT2D eigenvalue weighted by Crippen LogP contribution is -2.32. The number of aliphatic hydroxyl groups is 3. The highest BCUT2D eigenvalue weighted by molar-refractivity contribution is 5.81. The van der Waals surface area contributed by atoms with Gasteiger partial charge in [-0.25, -0.2) is 14.4 Å². The highest BCUT2D eigenvalue weighted by atomic mass is 16.6. The van der Waals surface area contributed by atoms with Crippen molar-refractivity contribution in [1.82, 2.24) is 0 Å². The van der Waals surface area contributed by atoms with Crippen LogP contribution < -0.4 is 0 Å². The first-order valence-electron chi connectivity index (χ1n) is 11.3. The molecule has 3 saturated heterocycles. The zero-order chi connectivity index (χ0) is 27.4. The normalized spacial score (nSPS) is 20.2. The van der Waals surface area contributed by atoms with Gasteiger partial charge in [0.05, 0.1) is 39.6 Å². The Balaban J connectivity index is 0.000000454. The number of esters is 3. The van der Waals surface area contributed by atoms with E-state index in [0.717, 1.165) is 18.2 Å². The van der Waals surface area contributed by atoms with Crippen molar-refractivity contribution in [3.8, 4) is 0 Å². The van der Waals surface area contributed by atoms with Crippen LogP contribution in [0.2, 0.25) is 0 Å². The number of rotatable bonds is 13. The molecule has 12 heteroatoms. The number of hydrogen-bond acceptors (Lipinski definition) is 12. The topological polar surface area (TPSA) is 177 Å². The van der Waals surface area contributed by atoms with Gasteiger partial charge in [0.25, 0.3) is 0 Å². The molecule has 12 nitrogen and oxygen atoms in total. The summed E-state index contributed by atoms with van der Waals surface area (Å²) in [5.41, 5.74) is -0.667. The van der Waals surface area contributed by atoms with E-state index in [9.17, 15) is 14.4 Å². The molecule has 0 bridgehead atoms. The SMILES string of the molecule is C=CC(=O)OCC1CO1.C=CC(=O)OCC1CO1.C=CC(=O)OCC1CO1.CCC(CO)(CO)CO. The summed E-state index contributed by atoms with van der Waals surface area (Å²) in [6.45, 7) is 14.3. The van der Waals surface area contributed by atoms with Crippen molar-refractivity contribution in [2.75, 3.05) is 59.5 Å². The lowest BCUT2D eigenvalue weighted by Gasteiger charge is -2.24. The van der Waals surface area contributed by atoms with Crippen molar-refractivity contribution < 1.29 is 58.1 Å². The summed E-state index contributed by atoms with van der Waals surface area (Å²) in [7, 11) is 0. The van der Waals surface area contributed by atoms with Gasteiger partial charge in [-0.1, -0.05) is 26.7 Å². The Kier molecular flexibility index (Phi) is 18.1. The molecule has 0 aromatic rings. The zero-order valence-corrected chi connectivity index (χ0v) is 20.7. The van der Waals surface area contributed by atoms with Gasteiger partial charge in [0.15, 0.2) is 0 Å². The van der Waals surface area contributed by atoms with E-state index in [2.05, 4.69) is 33.9 Å². The third kappa shape index (κ3) is 18.7. The molecule has 3 heterocycles. The summed E-state index contributed by atoms with van der Waals surface area (Å²) < 4.78 is 28.3. The quantitative estimate of drug-likeness (QED) is 0.126. The van der Waals surface area contributed by atoms with E-state index < -0.39 is 5.41 Å². The fraction of sp³-hybridized carbons (Fsp3) is 0.625. The monoisotopic (exact) mass is 518 g/mol. The molecule has 3 aliphatic rings. The number of hydrogen-bond donors (Lipinski definition) is 3. The van der Waals surface area contributed by atoms with Gasteiger partial charge in [0.1, 0.15) is 38.1 Å². The maximum Gasteiger partial charge on any atom is 0.330 e. The van der Waals surface area contributed by atoms with Crippen molar-refractivity contribution in [2.24, 2.45) is 5.41 Å². The highest BCUT2D eigenvalue weighted by Gasteiger charge is 2.25. The summed E-state index contributed by atoms with van der Waals surface area (Å²) in [4.78, 5) is 31.0. The molecule has 0 aromatic heterocycles. The first-order valence-corrected chi connectivity index (χ1v) is 11.3. The molecule has 0 spiro atoms. The smallest absolute Gasteiger partial charge is 0.330 e. The number of ether oxygens (including phenoxy) is 6. The molecule has 3 N–H and O–H groups in total. The molecule has 206 valence electrons. The second-order valence-corrected chi connectivity index (χ2v) is 7.70. The molecule has 0 radical (unpaired) electrons. The average molecular weight is 519 g/mol. The van der Waals surface area contributed by atoms with Crippen molar-refractivity contribution in [3.05, 3.63) is 38.0 Å². The van der Waals surface area contributed by atoms with Crippen molar-refractivity contribution in [3.63, 3.8) is 0 Å². The van der Waals surface area contributed by atoms with Crippen LogP contribution >= 0.6 is 0 Å². The number of carbonyl (C=O) groups is 3. The van der Waals surface area contributed by atoms with Gasteiger partial charge in [0.2, 0.25) is 0 Å². The van der Waals surface area contributed by atoms with E-state index in [1.54, 1.807) is 0 Å². The molecule has 3 aliphatic heterocycles. The average Bonchev–Trinajstić information content (AvgIpc) is 3.75. The lowest BCUT2D eigenvalue weighted by molar-refractivity contribution is -0.139. The van der Waals surface area contributed by atoms with Gasteiger partial charge in [0, 0.05) is 23.6 Å². The van der Waals surface area contributed by atoms with E-state index >= 15 is 0 Å². The fourth-order valence-corrected chi connectivity index (χ4v) is 1.68. The molecule has 0 saturated carbocycles. The molecular weight excluding hydrogens is 480 g/mol. The largest absolute Gasteiger partial charge is 0.460 e. The van der Waals surface area contributed by atoms with Crippen LogP contribution in [0, 0.1) is 5.41 Å². The van der Waals surface area contributed by atoms with Crippen molar-refractivity contribution in [1.29, 1.82) is 0 Å². The second-order valence-electron chi connectivity index (χ2n) is 7.70. The number of aliphatic hydroxyl groups excluding tert-OH is 3. The molecule has 0 amide bonds. The molecule has 3 atom stereocenters. The van der Waals surface area contributed by atoms with Crippen LogP contribution in [0.15, 0.2) is 38.0 Å². The van der Waals surface area contributed by atoms with Gasteiger partial charge in [-0.05, 0) is 6.42 Å². The minimum absolute atomic E-state index is 0.147. The van der Waals surface area contributed by atoms with E-state index in [1.807, 2.05) is 6.92 Å².